The van der Waals surface area contributed by atoms with Gasteiger partial charge >= 0.3 is 5.97 Å². The highest BCUT2D eigenvalue weighted by Crippen LogP contribution is 2.19. The summed E-state index contributed by atoms with van der Waals surface area (Å²) < 4.78 is 10.5. The monoisotopic (exact) mass is 348 g/mol. The van der Waals surface area contributed by atoms with Crippen molar-refractivity contribution < 1.29 is 14.3 Å². The van der Waals surface area contributed by atoms with Crippen molar-refractivity contribution >= 4 is 11.9 Å². The summed E-state index contributed by atoms with van der Waals surface area (Å²) in [6, 6.07) is 3.88. The van der Waals surface area contributed by atoms with Gasteiger partial charge in [0.2, 0.25) is 5.88 Å². The molecule has 0 bridgehead atoms. The van der Waals surface area contributed by atoms with Gasteiger partial charge in [-0.1, -0.05) is 0 Å². The number of ether oxygens (including phenoxy) is 2. The molecule has 0 atom stereocenters. The number of pyridine rings is 1. The predicted octanol–water partition coefficient (Wildman–Crippen LogP) is 1.83. The average molecular weight is 348 g/mol. The van der Waals surface area contributed by atoms with Crippen LogP contribution in [-0.4, -0.2) is 55.2 Å². The summed E-state index contributed by atoms with van der Waals surface area (Å²) in [6.45, 7) is 7.06. The Bertz CT molecular complexity index is 583. The maximum atomic E-state index is 11.8. The minimum absolute atomic E-state index is 0.00301. The summed E-state index contributed by atoms with van der Waals surface area (Å²) in [4.78, 5) is 22.5. The van der Waals surface area contributed by atoms with E-state index in [0.717, 1.165) is 37.5 Å². The number of piperidine rings is 1. The van der Waals surface area contributed by atoms with Crippen molar-refractivity contribution in [1.29, 1.82) is 0 Å². The quantitative estimate of drug-likeness (QED) is 0.480. The Morgan fingerprint density at radius 1 is 1.36 bits per heavy atom. The van der Waals surface area contributed by atoms with Gasteiger partial charge in [0.15, 0.2) is 5.96 Å². The second-order valence-corrected chi connectivity index (χ2v) is 5.85. The molecule has 0 amide bonds. The molecular formula is C18H28N4O3. The standard InChI is InChI=1S/C18H28N4O3/c1-4-24-16-12-14(6-9-20-16)13-21-18(19-3)22-10-7-15(8-11-22)17(23)25-5-2/h6,9,12,15H,4-5,7-8,10-11,13H2,1-3H3,(H,19,21). The Labute approximate surface area is 149 Å². The Morgan fingerprint density at radius 3 is 2.76 bits per heavy atom. The molecular weight excluding hydrogens is 320 g/mol. The van der Waals surface area contributed by atoms with Crippen LogP contribution in [0.25, 0.3) is 0 Å². The van der Waals surface area contributed by atoms with E-state index in [1.54, 1.807) is 13.2 Å². The zero-order chi connectivity index (χ0) is 18.1. The average Bonchev–Trinajstić information content (AvgIpc) is 2.63. The van der Waals surface area contributed by atoms with E-state index < -0.39 is 0 Å². The lowest BCUT2D eigenvalue weighted by Gasteiger charge is -2.33. The van der Waals surface area contributed by atoms with Gasteiger partial charge < -0.3 is 19.7 Å². The number of hydrogen-bond donors (Lipinski definition) is 1. The Kier molecular flexibility index (Phi) is 7.50. The molecule has 0 aromatic carbocycles. The number of carbonyl (C=O) groups excluding carboxylic acids is 1. The molecule has 0 saturated carbocycles. The molecule has 7 nitrogen and oxygen atoms in total. The molecule has 0 radical (unpaired) electrons. The van der Waals surface area contributed by atoms with Gasteiger partial charge in [-0.25, -0.2) is 4.98 Å². The maximum Gasteiger partial charge on any atom is 0.309 e. The first-order chi connectivity index (χ1) is 12.2. The van der Waals surface area contributed by atoms with E-state index >= 15 is 0 Å². The van der Waals surface area contributed by atoms with Crippen LogP contribution in [0.1, 0.15) is 32.3 Å². The molecule has 25 heavy (non-hydrogen) atoms. The zero-order valence-electron chi connectivity index (χ0n) is 15.3. The molecule has 2 heterocycles. The van der Waals surface area contributed by atoms with E-state index in [1.165, 1.54) is 0 Å². The molecule has 1 fully saturated rings. The van der Waals surface area contributed by atoms with Crippen LogP contribution in [-0.2, 0) is 16.1 Å². The lowest BCUT2D eigenvalue weighted by molar-refractivity contribution is -0.149. The molecule has 0 spiro atoms. The predicted molar refractivity (Wildman–Crippen MR) is 96.5 cm³/mol. The molecule has 138 valence electrons. The summed E-state index contributed by atoms with van der Waals surface area (Å²) in [6.07, 6.45) is 3.34. The Balaban J connectivity index is 1.85. The first kappa shape index (κ1) is 19.0. The molecule has 1 aliphatic heterocycles. The van der Waals surface area contributed by atoms with Crippen molar-refractivity contribution in [2.24, 2.45) is 10.9 Å². The highest BCUT2D eigenvalue weighted by Gasteiger charge is 2.27. The third-order valence-electron chi connectivity index (χ3n) is 4.17. The number of guanidine groups is 1. The molecule has 1 aliphatic rings. The third-order valence-corrected chi connectivity index (χ3v) is 4.17. The summed E-state index contributed by atoms with van der Waals surface area (Å²) in [5.41, 5.74) is 1.08. The van der Waals surface area contributed by atoms with E-state index in [1.807, 2.05) is 26.0 Å². The number of hydrogen-bond acceptors (Lipinski definition) is 5. The fraction of sp³-hybridized carbons (Fsp3) is 0.611. The molecule has 1 N–H and O–H groups in total. The zero-order valence-corrected chi connectivity index (χ0v) is 15.3. The van der Waals surface area contributed by atoms with Gasteiger partial charge in [-0.3, -0.25) is 9.79 Å². The van der Waals surface area contributed by atoms with Crippen LogP contribution in [0.4, 0.5) is 0 Å². The van der Waals surface area contributed by atoms with Gasteiger partial charge in [-0.05, 0) is 38.3 Å². The highest BCUT2D eigenvalue weighted by molar-refractivity contribution is 5.80. The van der Waals surface area contributed by atoms with Gasteiger partial charge in [-0.2, -0.15) is 0 Å². The van der Waals surface area contributed by atoms with Crippen molar-refractivity contribution in [3.05, 3.63) is 23.9 Å². The van der Waals surface area contributed by atoms with Gasteiger partial charge in [0.1, 0.15) is 0 Å². The van der Waals surface area contributed by atoms with Crippen LogP contribution in [0.5, 0.6) is 5.88 Å². The van der Waals surface area contributed by atoms with Crippen LogP contribution in [0.2, 0.25) is 0 Å². The lowest BCUT2D eigenvalue weighted by Crippen LogP contribution is -2.46. The van der Waals surface area contributed by atoms with Crippen molar-refractivity contribution in [3.8, 4) is 5.88 Å². The minimum Gasteiger partial charge on any atom is -0.478 e. The van der Waals surface area contributed by atoms with Gasteiger partial charge in [0.05, 0.1) is 19.1 Å². The molecule has 1 aromatic heterocycles. The van der Waals surface area contributed by atoms with Crippen LogP contribution in [0.3, 0.4) is 0 Å². The van der Waals surface area contributed by atoms with Gasteiger partial charge in [0.25, 0.3) is 0 Å². The number of nitrogens with zero attached hydrogens (tertiary/aromatic N) is 3. The van der Waals surface area contributed by atoms with Crippen LogP contribution in [0, 0.1) is 5.92 Å². The summed E-state index contributed by atoms with van der Waals surface area (Å²) in [7, 11) is 1.78. The number of nitrogens with one attached hydrogen (secondary N) is 1. The first-order valence-electron chi connectivity index (χ1n) is 8.87. The summed E-state index contributed by atoms with van der Waals surface area (Å²) in [5, 5.41) is 3.37. The number of carbonyl (C=O) groups is 1. The van der Waals surface area contributed by atoms with Crippen LogP contribution >= 0.6 is 0 Å². The minimum atomic E-state index is -0.0784. The molecule has 1 saturated heterocycles. The smallest absolute Gasteiger partial charge is 0.309 e. The number of rotatable bonds is 6. The van der Waals surface area contributed by atoms with Crippen LogP contribution in [0.15, 0.2) is 23.3 Å². The first-order valence-corrected chi connectivity index (χ1v) is 8.87. The Hall–Kier alpha value is -2.31. The van der Waals surface area contributed by atoms with Crippen molar-refractivity contribution in [2.45, 2.75) is 33.2 Å². The van der Waals surface area contributed by atoms with Crippen molar-refractivity contribution in [2.75, 3.05) is 33.4 Å². The van der Waals surface area contributed by atoms with E-state index in [4.69, 9.17) is 9.47 Å². The molecule has 7 heteroatoms. The Morgan fingerprint density at radius 2 is 2.12 bits per heavy atom. The molecule has 0 aliphatic carbocycles. The van der Waals surface area contributed by atoms with Gasteiger partial charge in [0, 0.05) is 38.9 Å². The van der Waals surface area contributed by atoms with E-state index in [0.29, 0.717) is 25.6 Å². The number of likely N-dealkylation sites (tertiary alicyclic amines) is 1. The summed E-state index contributed by atoms with van der Waals surface area (Å²) >= 11 is 0. The fourth-order valence-corrected chi connectivity index (χ4v) is 2.89. The van der Waals surface area contributed by atoms with Crippen LogP contribution < -0.4 is 10.1 Å². The SMILES string of the molecule is CCOC(=O)C1CCN(C(=NC)NCc2ccnc(OCC)c2)CC1. The van der Waals surface area contributed by atoms with E-state index in [-0.39, 0.29) is 11.9 Å². The number of esters is 1. The number of aliphatic imine (C=N–C) groups is 1. The molecule has 0 unspecified atom stereocenters. The van der Waals surface area contributed by atoms with Crippen molar-refractivity contribution in [1.82, 2.24) is 15.2 Å². The third kappa shape index (κ3) is 5.62. The maximum absolute atomic E-state index is 11.8. The second-order valence-electron chi connectivity index (χ2n) is 5.85. The fourth-order valence-electron chi connectivity index (χ4n) is 2.89. The highest BCUT2D eigenvalue weighted by atomic mass is 16.5. The summed E-state index contributed by atoms with van der Waals surface area (Å²) in [5.74, 6) is 1.40. The molecule has 2 rings (SSSR count). The normalized spacial score (nSPS) is 15.8. The van der Waals surface area contributed by atoms with E-state index in [9.17, 15) is 4.79 Å². The van der Waals surface area contributed by atoms with Crippen molar-refractivity contribution in [3.63, 3.8) is 0 Å². The lowest BCUT2D eigenvalue weighted by atomic mass is 9.97. The van der Waals surface area contributed by atoms with Gasteiger partial charge in [-0.15, -0.1) is 0 Å². The largest absolute Gasteiger partial charge is 0.478 e. The second kappa shape index (κ2) is 9.86. The number of aromatic nitrogens is 1. The molecule has 1 aromatic rings. The van der Waals surface area contributed by atoms with E-state index in [2.05, 4.69) is 20.2 Å². The topological polar surface area (TPSA) is 76.0 Å².